The summed E-state index contributed by atoms with van der Waals surface area (Å²) in [6.45, 7) is -0.456. The van der Waals surface area contributed by atoms with Crippen LogP contribution in [-0.4, -0.2) is 21.9 Å². The monoisotopic (exact) mass is 183 g/mol. The second-order valence-electron chi connectivity index (χ2n) is 2.80. The van der Waals surface area contributed by atoms with Gasteiger partial charge >= 0.3 is 0 Å². The van der Waals surface area contributed by atoms with E-state index in [1.54, 1.807) is 12.1 Å². The average Bonchev–Trinajstić information content (AvgIpc) is 2.16. The molecule has 0 saturated carbocycles. The fourth-order valence-electron chi connectivity index (χ4n) is 1.26. The first-order valence-corrected chi connectivity index (χ1v) is 3.98. The molecule has 0 aliphatic heterocycles. The van der Waals surface area contributed by atoms with E-state index in [9.17, 15) is 5.11 Å². The summed E-state index contributed by atoms with van der Waals surface area (Å²) in [5.41, 5.74) is 6.50. The Bertz CT molecular complexity index is 288. The molecule has 0 unspecified atom stereocenters. The fourth-order valence-corrected chi connectivity index (χ4v) is 1.26. The highest BCUT2D eigenvalue weighted by Crippen LogP contribution is 2.26. The Balaban J connectivity index is 3.14. The maximum Gasteiger partial charge on any atom is 0.120 e. The molecule has 0 aliphatic rings. The van der Waals surface area contributed by atoms with Gasteiger partial charge in [-0.15, -0.1) is 0 Å². The first-order valence-electron chi connectivity index (χ1n) is 3.98. The Kier molecular flexibility index (Phi) is 3.25. The van der Waals surface area contributed by atoms with Gasteiger partial charge in [-0.3, -0.25) is 0 Å². The molecule has 1 aromatic carbocycles. The number of phenolic OH excluding ortho intramolecular Hbond substituents is 1. The number of aliphatic hydroxyl groups is 2. The molecule has 0 heterocycles. The van der Waals surface area contributed by atoms with Gasteiger partial charge in [0.25, 0.3) is 0 Å². The highest BCUT2D eigenvalue weighted by molar-refractivity contribution is 5.41. The van der Waals surface area contributed by atoms with Gasteiger partial charge in [-0.25, -0.2) is 0 Å². The second kappa shape index (κ2) is 4.23. The molecule has 0 aromatic heterocycles. The summed E-state index contributed by atoms with van der Waals surface area (Å²) >= 11 is 0. The van der Waals surface area contributed by atoms with Crippen molar-refractivity contribution in [3.63, 3.8) is 0 Å². The predicted molar refractivity (Wildman–Crippen MR) is 48.0 cm³/mol. The van der Waals surface area contributed by atoms with Crippen molar-refractivity contribution in [1.29, 1.82) is 0 Å². The third-order valence-corrected chi connectivity index (χ3v) is 1.91. The van der Waals surface area contributed by atoms with Crippen molar-refractivity contribution in [2.24, 2.45) is 5.73 Å². The van der Waals surface area contributed by atoms with Crippen LogP contribution < -0.4 is 5.73 Å². The quantitative estimate of drug-likeness (QED) is 0.526. The molecule has 4 heteroatoms. The summed E-state index contributed by atoms with van der Waals surface area (Å²) in [6.07, 6.45) is 0. The minimum Gasteiger partial charge on any atom is -0.508 e. The molecule has 1 atom stereocenters. The van der Waals surface area contributed by atoms with Crippen LogP contribution in [0.5, 0.6) is 5.75 Å². The zero-order chi connectivity index (χ0) is 9.84. The lowest BCUT2D eigenvalue weighted by atomic mass is 10.0. The minimum absolute atomic E-state index is 0.00750. The zero-order valence-corrected chi connectivity index (χ0v) is 7.14. The van der Waals surface area contributed by atoms with E-state index in [-0.39, 0.29) is 19.0 Å². The molecule has 0 amide bonds. The minimum atomic E-state index is -0.650. The smallest absolute Gasteiger partial charge is 0.120 e. The molecule has 72 valence electrons. The van der Waals surface area contributed by atoms with E-state index in [0.717, 1.165) is 0 Å². The van der Waals surface area contributed by atoms with Crippen LogP contribution in [0.15, 0.2) is 18.2 Å². The van der Waals surface area contributed by atoms with Crippen LogP contribution in [0, 0.1) is 0 Å². The molecule has 1 rings (SSSR count). The Morgan fingerprint density at radius 3 is 2.54 bits per heavy atom. The summed E-state index contributed by atoms with van der Waals surface area (Å²) in [4.78, 5) is 0. The summed E-state index contributed by atoms with van der Waals surface area (Å²) in [5.74, 6) is 0.00750. The van der Waals surface area contributed by atoms with Crippen molar-refractivity contribution in [3.05, 3.63) is 29.3 Å². The van der Waals surface area contributed by atoms with Crippen molar-refractivity contribution in [3.8, 4) is 5.75 Å². The van der Waals surface area contributed by atoms with Gasteiger partial charge in [-0.1, -0.05) is 12.1 Å². The molecule has 4 nitrogen and oxygen atoms in total. The van der Waals surface area contributed by atoms with Gasteiger partial charge in [-0.2, -0.15) is 0 Å². The van der Waals surface area contributed by atoms with E-state index in [1.807, 2.05) is 0 Å². The maximum atomic E-state index is 9.42. The molecule has 13 heavy (non-hydrogen) atoms. The zero-order valence-electron chi connectivity index (χ0n) is 7.14. The molecule has 5 N–H and O–H groups in total. The molecular formula is C9H13NO3. The molecule has 0 fully saturated rings. The van der Waals surface area contributed by atoms with Crippen LogP contribution in [0.4, 0.5) is 0 Å². The Hall–Kier alpha value is -1.10. The lowest BCUT2D eigenvalue weighted by Crippen LogP contribution is -2.16. The molecule has 0 bridgehead atoms. The number of nitrogens with two attached hydrogens (primary N) is 1. The van der Waals surface area contributed by atoms with Crippen molar-refractivity contribution in [1.82, 2.24) is 0 Å². The molecule has 0 radical (unpaired) electrons. The SMILES string of the molecule is N[C@@H](CO)c1c(O)cccc1CO. The third kappa shape index (κ3) is 1.98. The van der Waals surface area contributed by atoms with Crippen LogP contribution in [0.25, 0.3) is 0 Å². The Labute approximate surface area is 76.2 Å². The lowest BCUT2D eigenvalue weighted by molar-refractivity contribution is 0.255. The number of rotatable bonds is 3. The van der Waals surface area contributed by atoms with E-state index >= 15 is 0 Å². The van der Waals surface area contributed by atoms with Crippen molar-refractivity contribution < 1.29 is 15.3 Å². The number of aliphatic hydroxyl groups excluding tert-OH is 2. The number of phenols is 1. The summed E-state index contributed by atoms with van der Waals surface area (Å²) < 4.78 is 0. The van der Waals surface area contributed by atoms with E-state index in [1.165, 1.54) is 6.07 Å². The Morgan fingerprint density at radius 1 is 1.31 bits per heavy atom. The van der Waals surface area contributed by atoms with Gasteiger partial charge in [0.2, 0.25) is 0 Å². The number of hydrogen-bond donors (Lipinski definition) is 4. The first kappa shape index (κ1) is 9.98. The Morgan fingerprint density at radius 2 is 2.00 bits per heavy atom. The normalized spacial score (nSPS) is 12.8. The van der Waals surface area contributed by atoms with Crippen molar-refractivity contribution >= 4 is 0 Å². The summed E-state index contributed by atoms with van der Waals surface area (Å²) in [5, 5.41) is 27.2. The van der Waals surface area contributed by atoms with Crippen LogP contribution >= 0.6 is 0 Å². The first-order chi connectivity index (χ1) is 6.20. The molecule has 0 aliphatic carbocycles. The fraction of sp³-hybridized carbons (Fsp3) is 0.333. The standard InChI is InChI=1S/C9H13NO3/c10-7(5-12)9-6(4-11)2-1-3-8(9)13/h1-3,7,11-13H,4-5,10H2/t7-/m0/s1. The van der Waals surface area contributed by atoms with E-state index in [4.69, 9.17) is 15.9 Å². The molecular weight excluding hydrogens is 170 g/mol. The van der Waals surface area contributed by atoms with Gasteiger partial charge in [0.1, 0.15) is 5.75 Å². The van der Waals surface area contributed by atoms with Gasteiger partial charge in [0, 0.05) is 5.56 Å². The van der Waals surface area contributed by atoms with Crippen molar-refractivity contribution in [2.75, 3.05) is 6.61 Å². The van der Waals surface area contributed by atoms with Crippen LogP contribution in [0.2, 0.25) is 0 Å². The average molecular weight is 183 g/mol. The van der Waals surface area contributed by atoms with Crippen molar-refractivity contribution in [2.45, 2.75) is 12.6 Å². The largest absolute Gasteiger partial charge is 0.508 e. The number of benzene rings is 1. The summed E-state index contributed by atoms with van der Waals surface area (Å²) in [7, 11) is 0. The third-order valence-electron chi connectivity index (χ3n) is 1.91. The maximum absolute atomic E-state index is 9.42. The number of aromatic hydroxyl groups is 1. The van der Waals surface area contributed by atoms with Crippen LogP contribution in [0.3, 0.4) is 0 Å². The van der Waals surface area contributed by atoms with Gasteiger partial charge < -0.3 is 21.1 Å². The molecule has 0 saturated heterocycles. The predicted octanol–water partition coefficient (Wildman–Crippen LogP) is -0.123. The van der Waals surface area contributed by atoms with Gasteiger partial charge in [0.15, 0.2) is 0 Å². The molecule has 0 spiro atoms. The highest BCUT2D eigenvalue weighted by Gasteiger charge is 2.13. The number of hydrogen-bond acceptors (Lipinski definition) is 4. The highest BCUT2D eigenvalue weighted by atomic mass is 16.3. The van der Waals surface area contributed by atoms with Gasteiger partial charge in [0.05, 0.1) is 19.3 Å². The van der Waals surface area contributed by atoms with Gasteiger partial charge in [-0.05, 0) is 11.6 Å². The molecule has 1 aromatic rings. The summed E-state index contributed by atoms with van der Waals surface area (Å²) in [6, 6.07) is 4.10. The van der Waals surface area contributed by atoms with E-state index in [2.05, 4.69) is 0 Å². The lowest BCUT2D eigenvalue weighted by Gasteiger charge is -2.14. The van der Waals surface area contributed by atoms with Crippen LogP contribution in [0.1, 0.15) is 17.2 Å². The topological polar surface area (TPSA) is 86.7 Å². The van der Waals surface area contributed by atoms with E-state index in [0.29, 0.717) is 11.1 Å². The van der Waals surface area contributed by atoms with Crippen LogP contribution in [-0.2, 0) is 6.61 Å². The van der Waals surface area contributed by atoms with E-state index < -0.39 is 6.04 Å². The second-order valence-corrected chi connectivity index (χ2v) is 2.80.